The van der Waals surface area contributed by atoms with E-state index in [9.17, 15) is 23.1 Å². The van der Waals surface area contributed by atoms with Crippen LogP contribution >= 0.6 is 0 Å². The summed E-state index contributed by atoms with van der Waals surface area (Å²) in [6, 6.07) is 4.23. The minimum atomic E-state index is -4.39. The quantitative estimate of drug-likeness (QED) is 0.790. The summed E-state index contributed by atoms with van der Waals surface area (Å²) in [5.41, 5.74) is -0.759. The predicted molar refractivity (Wildman–Crippen MR) is 74.5 cm³/mol. The van der Waals surface area contributed by atoms with Gasteiger partial charge in [-0.3, -0.25) is 9.69 Å². The molecular weight excluding hydrogens is 301 g/mol. The molecule has 0 fully saturated rings. The Kier molecular flexibility index (Phi) is 6.63. The number of alkyl halides is 3. The fourth-order valence-corrected chi connectivity index (χ4v) is 1.73. The van der Waals surface area contributed by atoms with Crippen molar-refractivity contribution < 1.29 is 27.8 Å². The lowest BCUT2D eigenvalue weighted by atomic mass is 10.2. The van der Waals surface area contributed by atoms with Gasteiger partial charge in [0.15, 0.2) is 0 Å². The van der Waals surface area contributed by atoms with Crippen LogP contribution in [0.1, 0.15) is 5.56 Å². The first-order chi connectivity index (χ1) is 10.2. The van der Waals surface area contributed by atoms with E-state index in [0.29, 0.717) is 0 Å². The maximum absolute atomic E-state index is 12.4. The topological polar surface area (TPSA) is 61.8 Å². The van der Waals surface area contributed by atoms with Gasteiger partial charge in [-0.25, -0.2) is 0 Å². The van der Waals surface area contributed by atoms with Crippen molar-refractivity contribution in [2.75, 3.05) is 33.8 Å². The van der Waals surface area contributed by atoms with E-state index in [1.165, 1.54) is 19.2 Å². The van der Waals surface area contributed by atoms with Gasteiger partial charge in [0.25, 0.3) is 0 Å². The molecule has 5 nitrogen and oxygen atoms in total. The molecule has 0 aromatic heterocycles. The van der Waals surface area contributed by atoms with Gasteiger partial charge < -0.3 is 15.2 Å². The van der Waals surface area contributed by atoms with Crippen LogP contribution in [0.15, 0.2) is 24.3 Å². The van der Waals surface area contributed by atoms with E-state index in [1.807, 2.05) is 0 Å². The predicted octanol–water partition coefficient (Wildman–Crippen LogP) is 1.12. The fraction of sp³-hybridized carbons (Fsp3) is 0.500. The maximum atomic E-state index is 12.4. The molecule has 0 saturated carbocycles. The SMILES string of the molecule is CNC(=O)CN(C)C[C@H](O)COc1ccc(C(F)(F)F)cc1. The summed E-state index contributed by atoms with van der Waals surface area (Å²) < 4.78 is 42.4. The summed E-state index contributed by atoms with van der Waals surface area (Å²) in [6.45, 7) is 0.255. The summed E-state index contributed by atoms with van der Waals surface area (Å²) in [4.78, 5) is 12.7. The average Bonchev–Trinajstić information content (AvgIpc) is 2.44. The number of ether oxygens (including phenoxy) is 1. The van der Waals surface area contributed by atoms with Gasteiger partial charge in [-0.15, -0.1) is 0 Å². The largest absolute Gasteiger partial charge is 0.491 e. The third kappa shape index (κ3) is 6.31. The van der Waals surface area contributed by atoms with Crippen molar-refractivity contribution in [1.29, 1.82) is 0 Å². The molecule has 0 saturated heterocycles. The molecule has 0 unspecified atom stereocenters. The van der Waals surface area contributed by atoms with E-state index in [0.717, 1.165) is 12.1 Å². The van der Waals surface area contributed by atoms with Gasteiger partial charge in [0.05, 0.1) is 12.1 Å². The average molecular weight is 320 g/mol. The number of carbonyl (C=O) groups is 1. The lowest BCUT2D eigenvalue weighted by molar-refractivity contribution is -0.137. The molecule has 0 aliphatic carbocycles. The highest BCUT2D eigenvalue weighted by Crippen LogP contribution is 2.30. The Morgan fingerprint density at radius 2 is 1.95 bits per heavy atom. The number of likely N-dealkylation sites (N-methyl/N-ethyl adjacent to an activating group) is 2. The highest BCUT2D eigenvalue weighted by molar-refractivity contribution is 5.77. The molecular formula is C14H19F3N2O3. The van der Waals surface area contributed by atoms with Gasteiger partial charge >= 0.3 is 6.18 Å². The summed E-state index contributed by atoms with van der Waals surface area (Å²) in [5.74, 6) is 0.0550. The van der Waals surface area contributed by atoms with Crippen LogP contribution in [-0.2, 0) is 11.0 Å². The Hall–Kier alpha value is -1.80. The molecule has 1 atom stereocenters. The lowest BCUT2D eigenvalue weighted by Gasteiger charge is -2.20. The van der Waals surface area contributed by atoms with Crippen LogP contribution in [-0.4, -0.2) is 55.8 Å². The van der Waals surface area contributed by atoms with Crippen molar-refractivity contribution in [1.82, 2.24) is 10.2 Å². The molecule has 124 valence electrons. The molecule has 0 radical (unpaired) electrons. The Balaban J connectivity index is 2.41. The zero-order valence-corrected chi connectivity index (χ0v) is 12.4. The van der Waals surface area contributed by atoms with E-state index in [2.05, 4.69) is 5.32 Å². The third-order valence-electron chi connectivity index (χ3n) is 2.84. The molecule has 1 rings (SSSR count). The van der Waals surface area contributed by atoms with Crippen molar-refractivity contribution >= 4 is 5.91 Å². The van der Waals surface area contributed by atoms with Crippen LogP contribution in [0.2, 0.25) is 0 Å². The number of rotatable bonds is 7. The minimum Gasteiger partial charge on any atom is -0.491 e. The molecule has 1 amide bonds. The second-order valence-corrected chi connectivity index (χ2v) is 4.86. The van der Waals surface area contributed by atoms with Crippen molar-refractivity contribution in [2.24, 2.45) is 0 Å². The number of aliphatic hydroxyl groups is 1. The van der Waals surface area contributed by atoms with Crippen molar-refractivity contribution in [3.63, 3.8) is 0 Å². The Labute approximate surface area is 126 Å². The standard InChI is InChI=1S/C14H19F3N2O3/c1-18-13(21)8-19(2)7-11(20)9-22-12-5-3-10(4-6-12)14(15,16)17/h3-6,11,20H,7-9H2,1-2H3,(H,18,21)/t11-/m0/s1. The number of nitrogens with one attached hydrogen (secondary N) is 1. The summed E-state index contributed by atoms with van der Waals surface area (Å²) in [5, 5.41) is 12.2. The van der Waals surface area contributed by atoms with E-state index < -0.39 is 17.8 Å². The number of amides is 1. The van der Waals surface area contributed by atoms with Crippen molar-refractivity contribution in [3.8, 4) is 5.75 Å². The second kappa shape index (κ2) is 8.00. The molecule has 22 heavy (non-hydrogen) atoms. The number of aliphatic hydroxyl groups excluding tert-OH is 1. The summed E-state index contributed by atoms with van der Waals surface area (Å²) in [6.07, 6.45) is -5.25. The highest BCUT2D eigenvalue weighted by atomic mass is 19.4. The molecule has 1 aromatic carbocycles. The lowest BCUT2D eigenvalue weighted by Crippen LogP contribution is -2.39. The highest BCUT2D eigenvalue weighted by Gasteiger charge is 2.30. The molecule has 1 aromatic rings. The zero-order chi connectivity index (χ0) is 16.8. The van der Waals surface area contributed by atoms with Gasteiger partial charge in [0.2, 0.25) is 5.91 Å². The van der Waals surface area contributed by atoms with Crippen LogP contribution in [0, 0.1) is 0 Å². The summed E-state index contributed by atoms with van der Waals surface area (Å²) >= 11 is 0. The molecule has 0 spiro atoms. The first-order valence-corrected chi connectivity index (χ1v) is 6.59. The van der Waals surface area contributed by atoms with Crippen LogP contribution in [0.5, 0.6) is 5.75 Å². The second-order valence-electron chi connectivity index (χ2n) is 4.86. The van der Waals surface area contributed by atoms with Crippen molar-refractivity contribution in [3.05, 3.63) is 29.8 Å². The van der Waals surface area contributed by atoms with Crippen LogP contribution in [0.3, 0.4) is 0 Å². The van der Waals surface area contributed by atoms with Crippen molar-refractivity contribution in [2.45, 2.75) is 12.3 Å². The van der Waals surface area contributed by atoms with Gasteiger partial charge in [-0.1, -0.05) is 0 Å². The fourth-order valence-electron chi connectivity index (χ4n) is 1.73. The number of benzene rings is 1. The monoisotopic (exact) mass is 320 g/mol. The summed E-state index contributed by atoms with van der Waals surface area (Å²) in [7, 11) is 3.18. The third-order valence-corrected chi connectivity index (χ3v) is 2.84. The van der Waals surface area contributed by atoms with Gasteiger partial charge in [-0.2, -0.15) is 13.2 Å². The number of halogens is 3. The minimum absolute atomic E-state index is 0.0799. The van der Waals surface area contributed by atoms with Crippen LogP contribution < -0.4 is 10.1 Å². The molecule has 0 bridgehead atoms. The van der Waals surface area contributed by atoms with Crippen LogP contribution in [0.25, 0.3) is 0 Å². The van der Waals surface area contributed by atoms with Crippen LogP contribution in [0.4, 0.5) is 13.2 Å². The van der Waals surface area contributed by atoms with Gasteiger partial charge in [0, 0.05) is 13.6 Å². The Bertz CT molecular complexity index is 477. The maximum Gasteiger partial charge on any atom is 0.416 e. The molecule has 0 heterocycles. The molecule has 2 N–H and O–H groups in total. The van der Waals surface area contributed by atoms with E-state index in [1.54, 1.807) is 11.9 Å². The molecule has 0 aliphatic rings. The normalized spacial score (nSPS) is 13.0. The smallest absolute Gasteiger partial charge is 0.416 e. The van der Waals surface area contributed by atoms with Gasteiger partial charge in [-0.05, 0) is 31.3 Å². The Morgan fingerprint density at radius 3 is 2.45 bits per heavy atom. The number of hydrogen-bond donors (Lipinski definition) is 2. The zero-order valence-electron chi connectivity index (χ0n) is 12.4. The Morgan fingerprint density at radius 1 is 1.36 bits per heavy atom. The first-order valence-electron chi connectivity index (χ1n) is 6.59. The van der Waals surface area contributed by atoms with E-state index in [4.69, 9.17) is 4.74 Å². The molecule has 8 heteroatoms. The van der Waals surface area contributed by atoms with E-state index >= 15 is 0 Å². The number of nitrogens with zero attached hydrogens (tertiary/aromatic N) is 1. The first kappa shape index (κ1) is 18.2. The number of carbonyl (C=O) groups excluding carboxylic acids is 1. The van der Waals surface area contributed by atoms with E-state index in [-0.39, 0.29) is 31.4 Å². The van der Waals surface area contributed by atoms with Gasteiger partial charge in [0.1, 0.15) is 18.5 Å². The molecule has 0 aliphatic heterocycles. The number of hydrogen-bond acceptors (Lipinski definition) is 4.